The summed E-state index contributed by atoms with van der Waals surface area (Å²) in [5, 5.41) is 41.3. The summed E-state index contributed by atoms with van der Waals surface area (Å²) in [6.07, 6.45) is -5.22. The summed E-state index contributed by atoms with van der Waals surface area (Å²) in [5.41, 5.74) is 21.0. The predicted octanol–water partition coefficient (Wildman–Crippen LogP) is -7.09. The summed E-state index contributed by atoms with van der Waals surface area (Å²) < 4.78 is 0. The number of amides is 9. The molecule has 17 N–H and O–H groups in total. The third-order valence-electron chi connectivity index (χ3n) is 7.28. The molecule has 0 spiro atoms. The minimum absolute atomic E-state index is 0.392. The lowest BCUT2D eigenvalue weighted by Gasteiger charge is -2.27. The molecule has 0 aliphatic rings. The molecule has 0 saturated carbocycles. The monoisotopic (exact) mass is 792 g/mol. The van der Waals surface area contributed by atoms with Gasteiger partial charge in [0.1, 0.15) is 30.2 Å². The van der Waals surface area contributed by atoms with Crippen LogP contribution in [0.1, 0.15) is 58.8 Å². The number of thiol groups is 1. The predicted molar refractivity (Wildman–Crippen MR) is 186 cm³/mol. The van der Waals surface area contributed by atoms with Gasteiger partial charge in [0.15, 0.2) is 6.04 Å². The number of hydrogen-bond acceptors (Lipinski definition) is 14. The van der Waals surface area contributed by atoms with E-state index < -0.39 is 164 Å². The molecule has 8 unspecified atom stereocenters. The fourth-order valence-corrected chi connectivity index (χ4v) is 4.55. The van der Waals surface area contributed by atoms with E-state index in [1.54, 1.807) is 0 Å². The normalized spacial score (nSPS) is 15.2. The summed E-state index contributed by atoms with van der Waals surface area (Å²) >= 11 is 4.04. The van der Waals surface area contributed by atoms with Crippen LogP contribution in [-0.2, 0) is 52.7 Å². The van der Waals surface area contributed by atoms with Gasteiger partial charge >= 0.3 is 11.9 Å². The first-order chi connectivity index (χ1) is 25.0. The molecular weight excluding hydrogens is 744 g/mol. The van der Waals surface area contributed by atoms with Crippen molar-refractivity contribution in [3.05, 3.63) is 0 Å². The number of nitrogens with one attached hydrogen (secondary N) is 6. The molecule has 0 aliphatic carbocycles. The van der Waals surface area contributed by atoms with Gasteiger partial charge < -0.3 is 70.2 Å². The van der Waals surface area contributed by atoms with E-state index in [1.807, 2.05) is 5.32 Å². The first-order valence-electron chi connectivity index (χ1n) is 16.2. The van der Waals surface area contributed by atoms with Crippen LogP contribution in [0.2, 0.25) is 0 Å². The Morgan fingerprint density at radius 3 is 1.31 bits per heavy atom. The number of primary amides is 3. The molecule has 0 aromatic heterocycles. The number of aliphatic carboxylic acids is 2. The molecule has 9 amide bonds. The zero-order valence-electron chi connectivity index (χ0n) is 29.4. The van der Waals surface area contributed by atoms with Crippen molar-refractivity contribution in [2.24, 2.45) is 22.9 Å². The number of aliphatic hydroxyl groups excluding tert-OH is 1. The smallest absolute Gasteiger partial charge is 0.328 e. The molecule has 0 heterocycles. The highest BCUT2D eigenvalue weighted by molar-refractivity contribution is 7.80. The lowest BCUT2D eigenvalue weighted by molar-refractivity contribution is -0.145. The molecule has 0 aromatic rings. The van der Waals surface area contributed by atoms with E-state index in [2.05, 4.69) is 39.2 Å². The van der Waals surface area contributed by atoms with E-state index >= 15 is 0 Å². The van der Waals surface area contributed by atoms with Crippen LogP contribution in [0, 0.1) is 0 Å². The maximum atomic E-state index is 13.3. The second-order valence-corrected chi connectivity index (χ2v) is 12.3. The Balaban J connectivity index is 6.10. The molecule has 0 aliphatic heterocycles. The minimum Gasteiger partial charge on any atom is -0.481 e. The van der Waals surface area contributed by atoms with Gasteiger partial charge in [-0.3, -0.25) is 47.9 Å². The van der Waals surface area contributed by atoms with E-state index in [0.717, 1.165) is 6.92 Å². The van der Waals surface area contributed by atoms with E-state index in [4.69, 9.17) is 28.0 Å². The van der Waals surface area contributed by atoms with E-state index in [9.17, 15) is 63.0 Å². The largest absolute Gasteiger partial charge is 0.481 e. The van der Waals surface area contributed by atoms with Gasteiger partial charge in [0.2, 0.25) is 53.2 Å². The number of carbonyl (C=O) groups is 11. The summed E-state index contributed by atoms with van der Waals surface area (Å²) in [6, 6.07) is -11.1. The van der Waals surface area contributed by atoms with Crippen molar-refractivity contribution in [3.63, 3.8) is 0 Å². The van der Waals surface area contributed by atoms with Crippen LogP contribution in [-0.4, -0.2) is 135 Å². The van der Waals surface area contributed by atoms with Gasteiger partial charge in [0.05, 0.1) is 18.6 Å². The standard InChI is InChI=1S/C29H48N10O14S/c1-11(34-24(47)13(30)9-20(33)43)23(46)35-14(3-6-18(31)41)26(49)38-17(10-54)28(51)37-15(4-7-19(32)42)25(48)36-16(5-8-21(44)45)27(50)39-22(12(2)40)29(52)53/h11-17,22,40,54H,3-10,30H2,1-2H3,(H2,31,41)(H2,32,42)(H2,33,43)(H,34,47)(H,35,46)(H,36,48)(H,37,51)(H,38,49)(H,39,50)(H,44,45)(H,52,53). The average Bonchev–Trinajstić information content (AvgIpc) is 3.06. The van der Waals surface area contributed by atoms with E-state index in [0.29, 0.717) is 0 Å². The van der Waals surface area contributed by atoms with Crippen LogP contribution < -0.4 is 54.8 Å². The van der Waals surface area contributed by atoms with Crippen molar-refractivity contribution >= 4 is 77.7 Å². The summed E-state index contributed by atoms with van der Waals surface area (Å²) in [5.74, 6) is -12.6. The van der Waals surface area contributed by atoms with E-state index in [1.165, 1.54) is 6.92 Å². The molecule has 0 aromatic carbocycles. The van der Waals surface area contributed by atoms with Crippen LogP contribution in [0.3, 0.4) is 0 Å². The molecular formula is C29H48N10O14S. The molecule has 0 bridgehead atoms. The highest BCUT2D eigenvalue weighted by Crippen LogP contribution is 2.07. The van der Waals surface area contributed by atoms with Crippen molar-refractivity contribution in [1.82, 2.24) is 31.9 Å². The maximum Gasteiger partial charge on any atom is 0.328 e. The van der Waals surface area contributed by atoms with Crippen LogP contribution in [0.25, 0.3) is 0 Å². The Bertz CT molecular complexity index is 1430. The Kier molecular flexibility index (Phi) is 21.4. The number of nitrogens with two attached hydrogens (primary N) is 4. The fraction of sp³-hybridized carbons (Fsp3) is 0.621. The Hall–Kier alpha value is -5.56. The van der Waals surface area contributed by atoms with Crippen LogP contribution in [0.5, 0.6) is 0 Å². The number of carboxylic acid groups (broad SMARTS) is 2. The van der Waals surface area contributed by atoms with Gasteiger partial charge in [0, 0.05) is 25.0 Å². The Labute approximate surface area is 313 Å². The summed E-state index contributed by atoms with van der Waals surface area (Å²) in [4.78, 5) is 135. The van der Waals surface area contributed by atoms with Crippen molar-refractivity contribution < 1.29 is 68.1 Å². The molecule has 304 valence electrons. The third-order valence-corrected chi connectivity index (χ3v) is 7.64. The van der Waals surface area contributed by atoms with Crippen LogP contribution >= 0.6 is 12.6 Å². The Morgan fingerprint density at radius 1 is 0.556 bits per heavy atom. The molecule has 0 rings (SSSR count). The first kappa shape index (κ1) is 48.4. The number of rotatable bonds is 26. The van der Waals surface area contributed by atoms with Crippen molar-refractivity contribution in [3.8, 4) is 0 Å². The number of aliphatic hydroxyl groups is 1. The molecule has 25 heteroatoms. The highest BCUT2D eigenvalue weighted by atomic mass is 32.1. The quantitative estimate of drug-likeness (QED) is 0.0362. The highest BCUT2D eigenvalue weighted by Gasteiger charge is 2.34. The zero-order valence-corrected chi connectivity index (χ0v) is 30.3. The molecule has 24 nitrogen and oxygen atoms in total. The molecule has 8 atom stereocenters. The first-order valence-corrected chi connectivity index (χ1v) is 16.8. The molecule has 0 radical (unpaired) electrons. The van der Waals surface area contributed by atoms with Crippen molar-refractivity contribution in [1.29, 1.82) is 0 Å². The maximum absolute atomic E-state index is 13.3. The topological polar surface area (TPSA) is 425 Å². The van der Waals surface area contributed by atoms with Gasteiger partial charge in [0.25, 0.3) is 0 Å². The van der Waals surface area contributed by atoms with Gasteiger partial charge in [-0.05, 0) is 33.1 Å². The second kappa shape index (κ2) is 23.9. The minimum atomic E-state index is -1.85. The Morgan fingerprint density at radius 2 is 0.944 bits per heavy atom. The summed E-state index contributed by atoms with van der Waals surface area (Å²) in [7, 11) is 0. The molecule has 0 fully saturated rings. The van der Waals surface area contributed by atoms with Crippen LogP contribution in [0.4, 0.5) is 0 Å². The number of carbonyl (C=O) groups excluding carboxylic acids is 9. The number of hydrogen-bond donors (Lipinski definition) is 14. The summed E-state index contributed by atoms with van der Waals surface area (Å²) in [6.45, 7) is 2.26. The van der Waals surface area contributed by atoms with Crippen molar-refractivity contribution in [2.75, 3.05) is 5.75 Å². The SMILES string of the molecule is CC(NC(=O)C(N)CC(N)=O)C(=O)NC(CCC(N)=O)C(=O)NC(CS)C(=O)NC(CCC(N)=O)C(=O)NC(CCC(=O)O)C(=O)NC(C(=O)O)C(C)O. The third kappa shape index (κ3) is 18.8. The lowest BCUT2D eigenvalue weighted by atomic mass is 10.1. The van der Waals surface area contributed by atoms with Gasteiger partial charge in [-0.25, -0.2) is 4.79 Å². The molecule has 54 heavy (non-hydrogen) atoms. The van der Waals surface area contributed by atoms with E-state index in [-0.39, 0.29) is 0 Å². The zero-order chi connectivity index (χ0) is 41.9. The van der Waals surface area contributed by atoms with Crippen molar-refractivity contribution in [2.45, 2.75) is 107 Å². The van der Waals surface area contributed by atoms with Gasteiger partial charge in [-0.1, -0.05) is 0 Å². The average molecular weight is 793 g/mol. The molecule has 0 saturated heterocycles. The second-order valence-electron chi connectivity index (χ2n) is 11.9. The fourth-order valence-electron chi connectivity index (χ4n) is 4.29. The van der Waals surface area contributed by atoms with Gasteiger partial charge in [-0.15, -0.1) is 0 Å². The van der Waals surface area contributed by atoms with Gasteiger partial charge in [-0.2, -0.15) is 12.6 Å². The van der Waals surface area contributed by atoms with Crippen LogP contribution in [0.15, 0.2) is 0 Å². The number of carboxylic acids is 2. The lowest BCUT2D eigenvalue weighted by Crippen LogP contribution is -2.60.